The minimum absolute atomic E-state index is 0.148. The number of anilines is 1. The van der Waals surface area contributed by atoms with Crippen molar-refractivity contribution in [2.45, 2.75) is 19.5 Å². The number of methoxy groups -OCH3 is 1. The molecule has 0 radical (unpaired) electrons. The van der Waals surface area contributed by atoms with Crippen LogP contribution in [0.2, 0.25) is 0 Å². The first kappa shape index (κ1) is 14.8. The topological polar surface area (TPSA) is 42.5 Å². The van der Waals surface area contributed by atoms with Gasteiger partial charge in [0.15, 0.2) is 0 Å². The van der Waals surface area contributed by atoms with Crippen LogP contribution < -0.4 is 20.1 Å². The zero-order valence-corrected chi connectivity index (χ0v) is 11.5. The van der Waals surface area contributed by atoms with Crippen LogP contribution in [0.4, 0.5) is 14.5 Å². The number of halogens is 2. The van der Waals surface area contributed by atoms with Crippen LogP contribution in [0.15, 0.2) is 18.2 Å². The minimum atomic E-state index is -2.83. The second-order valence-corrected chi connectivity index (χ2v) is 4.81. The summed E-state index contributed by atoms with van der Waals surface area (Å²) in [6.07, 6.45) is 2.17. The molecule has 2 rings (SSSR count). The van der Waals surface area contributed by atoms with Crippen molar-refractivity contribution < 1.29 is 18.3 Å². The lowest BCUT2D eigenvalue weighted by Crippen LogP contribution is -2.31. The zero-order chi connectivity index (χ0) is 14.4. The largest absolute Gasteiger partial charge is 0.497 e. The summed E-state index contributed by atoms with van der Waals surface area (Å²) in [5.41, 5.74) is 0.545. The van der Waals surface area contributed by atoms with Crippen LogP contribution in [-0.4, -0.2) is 33.4 Å². The maximum atomic E-state index is 12.4. The van der Waals surface area contributed by atoms with Crippen molar-refractivity contribution in [3.8, 4) is 11.5 Å². The molecular formula is C14H20F2N2O2. The maximum absolute atomic E-state index is 12.4. The lowest BCUT2D eigenvalue weighted by molar-refractivity contribution is -0.0494. The summed E-state index contributed by atoms with van der Waals surface area (Å²) < 4.78 is 34.4. The summed E-state index contributed by atoms with van der Waals surface area (Å²) in [5, 5.41) is 6.49. The number of piperidine rings is 1. The first-order valence-corrected chi connectivity index (χ1v) is 6.76. The van der Waals surface area contributed by atoms with Crippen molar-refractivity contribution in [3.05, 3.63) is 18.2 Å². The van der Waals surface area contributed by atoms with Crippen LogP contribution in [-0.2, 0) is 0 Å². The Bertz CT molecular complexity index is 424. The Hall–Kier alpha value is -1.56. The second kappa shape index (κ2) is 7.28. The monoisotopic (exact) mass is 286 g/mol. The maximum Gasteiger partial charge on any atom is 0.387 e. The highest BCUT2D eigenvalue weighted by atomic mass is 19.3. The summed E-state index contributed by atoms with van der Waals surface area (Å²) in [6.45, 7) is -0.0766. The number of ether oxygens (including phenoxy) is 2. The third-order valence-electron chi connectivity index (χ3n) is 3.44. The van der Waals surface area contributed by atoms with E-state index in [1.165, 1.54) is 6.07 Å². The molecule has 2 N–H and O–H groups in total. The summed E-state index contributed by atoms with van der Waals surface area (Å²) >= 11 is 0. The minimum Gasteiger partial charge on any atom is -0.497 e. The molecule has 20 heavy (non-hydrogen) atoms. The molecular weight excluding hydrogens is 266 g/mol. The Morgan fingerprint density at radius 3 is 2.75 bits per heavy atom. The summed E-state index contributed by atoms with van der Waals surface area (Å²) in [4.78, 5) is 0. The molecule has 1 aromatic carbocycles. The number of benzene rings is 1. The van der Waals surface area contributed by atoms with Crippen molar-refractivity contribution >= 4 is 5.69 Å². The van der Waals surface area contributed by atoms with E-state index in [1.807, 2.05) is 0 Å². The van der Waals surface area contributed by atoms with Gasteiger partial charge in [-0.1, -0.05) is 0 Å². The second-order valence-electron chi connectivity index (χ2n) is 4.81. The molecule has 1 aliphatic rings. The standard InChI is InChI=1S/C14H20F2N2O2/c1-19-11-2-3-13(20-14(15)16)12(8-11)18-9-10-4-6-17-7-5-10/h2-3,8,10,14,17-18H,4-7,9H2,1H3. The molecule has 1 aliphatic heterocycles. The average Bonchev–Trinajstić information content (AvgIpc) is 2.47. The average molecular weight is 286 g/mol. The molecule has 4 nitrogen and oxygen atoms in total. The molecule has 0 amide bonds. The van der Waals surface area contributed by atoms with Gasteiger partial charge in [-0.2, -0.15) is 8.78 Å². The van der Waals surface area contributed by atoms with Crippen molar-refractivity contribution in [1.82, 2.24) is 5.32 Å². The van der Waals surface area contributed by atoms with Gasteiger partial charge >= 0.3 is 6.61 Å². The van der Waals surface area contributed by atoms with Gasteiger partial charge in [-0.25, -0.2) is 0 Å². The smallest absolute Gasteiger partial charge is 0.387 e. The normalized spacial score (nSPS) is 16.2. The van der Waals surface area contributed by atoms with Crippen LogP contribution >= 0.6 is 0 Å². The van der Waals surface area contributed by atoms with E-state index in [0.29, 0.717) is 17.4 Å². The highest BCUT2D eigenvalue weighted by molar-refractivity contribution is 5.59. The van der Waals surface area contributed by atoms with E-state index in [1.54, 1.807) is 19.2 Å². The molecule has 1 saturated heterocycles. The van der Waals surface area contributed by atoms with Gasteiger partial charge in [0.1, 0.15) is 11.5 Å². The number of rotatable bonds is 6. The number of nitrogens with one attached hydrogen (secondary N) is 2. The van der Waals surface area contributed by atoms with Gasteiger partial charge in [0.05, 0.1) is 12.8 Å². The third-order valence-corrected chi connectivity index (χ3v) is 3.44. The van der Waals surface area contributed by atoms with E-state index in [9.17, 15) is 8.78 Å². The molecule has 0 atom stereocenters. The van der Waals surface area contributed by atoms with Crippen molar-refractivity contribution in [2.24, 2.45) is 5.92 Å². The lowest BCUT2D eigenvalue weighted by atomic mass is 9.98. The fraction of sp³-hybridized carbons (Fsp3) is 0.571. The summed E-state index contributed by atoms with van der Waals surface area (Å²) in [7, 11) is 1.54. The van der Waals surface area contributed by atoms with Crippen LogP contribution in [0.3, 0.4) is 0 Å². The fourth-order valence-electron chi connectivity index (χ4n) is 2.31. The number of hydrogen-bond donors (Lipinski definition) is 2. The third kappa shape index (κ3) is 4.23. The lowest BCUT2D eigenvalue weighted by Gasteiger charge is -2.24. The Morgan fingerprint density at radius 2 is 2.10 bits per heavy atom. The Labute approximate surface area is 117 Å². The van der Waals surface area contributed by atoms with Gasteiger partial charge in [-0.15, -0.1) is 0 Å². The highest BCUT2D eigenvalue weighted by Crippen LogP contribution is 2.31. The summed E-state index contributed by atoms with van der Waals surface area (Å²) in [5.74, 6) is 1.30. The van der Waals surface area contributed by atoms with Crippen LogP contribution in [0, 0.1) is 5.92 Å². The van der Waals surface area contributed by atoms with Crippen molar-refractivity contribution in [2.75, 3.05) is 32.1 Å². The van der Waals surface area contributed by atoms with Gasteiger partial charge < -0.3 is 20.1 Å². The van der Waals surface area contributed by atoms with Crippen molar-refractivity contribution in [1.29, 1.82) is 0 Å². The summed E-state index contributed by atoms with van der Waals surface area (Å²) in [6, 6.07) is 4.78. The number of alkyl halides is 2. The molecule has 0 saturated carbocycles. The quantitative estimate of drug-likeness (QED) is 0.844. The molecule has 6 heteroatoms. The van der Waals surface area contributed by atoms with E-state index >= 15 is 0 Å². The van der Waals surface area contributed by atoms with Gasteiger partial charge in [0, 0.05) is 12.6 Å². The Morgan fingerprint density at radius 1 is 1.35 bits per heavy atom. The van der Waals surface area contributed by atoms with E-state index in [4.69, 9.17) is 4.74 Å². The molecule has 0 aliphatic carbocycles. The van der Waals surface area contributed by atoms with Crippen LogP contribution in [0.5, 0.6) is 11.5 Å². The molecule has 1 fully saturated rings. The predicted octanol–water partition coefficient (Wildman–Crippen LogP) is 2.71. The first-order valence-electron chi connectivity index (χ1n) is 6.76. The van der Waals surface area contributed by atoms with Crippen LogP contribution in [0.1, 0.15) is 12.8 Å². The van der Waals surface area contributed by atoms with Gasteiger partial charge in [-0.05, 0) is 44.0 Å². The Balaban J connectivity index is 2.02. The molecule has 0 bridgehead atoms. The Kier molecular flexibility index (Phi) is 5.40. The van der Waals surface area contributed by atoms with Gasteiger partial charge in [0.25, 0.3) is 0 Å². The SMILES string of the molecule is COc1ccc(OC(F)F)c(NCC2CCNCC2)c1. The van der Waals surface area contributed by atoms with E-state index < -0.39 is 6.61 Å². The molecule has 1 aromatic rings. The zero-order valence-electron chi connectivity index (χ0n) is 11.5. The van der Waals surface area contributed by atoms with E-state index in [2.05, 4.69) is 15.4 Å². The molecule has 1 heterocycles. The fourth-order valence-corrected chi connectivity index (χ4v) is 2.31. The molecule has 0 aromatic heterocycles. The number of hydrogen-bond acceptors (Lipinski definition) is 4. The van der Waals surface area contributed by atoms with E-state index in [-0.39, 0.29) is 5.75 Å². The van der Waals surface area contributed by atoms with E-state index in [0.717, 1.165) is 32.5 Å². The van der Waals surface area contributed by atoms with Gasteiger partial charge in [0.2, 0.25) is 0 Å². The molecule has 112 valence electrons. The highest BCUT2D eigenvalue weighted by Gasteiger charge is 2.15. The van der Waals surface area contributed by atoms with Crippen molar-refractivity contribution in [3.63, 3.8) is 0 Å². The van der Waals surface area contributed by atoms with Gasteiger partial charge in [-0.3, -0.25) is 0 Å². The molecule has 0 spiro atoms. The molecule has 0 unspecified atom stereocenters. The first-order chi connectivity index (χ1) is 9.69. The van der Waals surface area contributed by atoms with Crippen LogP contribution in [0.25, 0.3) is 0 Å². The predicted molar refractivity (Wildman–Crippen MR) is 73.7 cm³/mol.